The summed E-state index contributed by atoms with van der Waals surface area (Å²) in [5.41, 5.74) is 22.0. The summed E-state index contributed by atoms with van der Waals surface area (Å²) in [6, 6.07) is 0.471. The number of nitrogen functional groups attached to an aromatic ring is 4. The lowest BCUT2D eigenvalue weighted by Gasteiger charge is -2.32. The second kappa shape index (κ2) is 17.3. The van der Waals surface area contributed by atoms with Gasteiger partial charge in [0.05, 0.1) is 0 Å². The molecule has 3 rings (SSSR count). The lowest BCUT2D eigenvalue weighted by atomic mass is 10.0. The molecule has 1 aliphatic rings. The zero-order valence-electron chi connectivity index (χ0n) is 24.7. The number of hydrogen-bond donors (Lipinski definition) is 11. The van der Waals surface area contributed by atoms with E-state index in [1.165, 1.54) is 0 Å². The van der Waals surface area contributed by atoms with E-state index in [1.807, 2.05) is 0 Å². The highest BCUT2D eigenvalue weighted by Crippen LogP contribution is 2.18. The van der Waals surface area contributed by atoms with Crippen molar-refractivity contribution in [1.82, 2.24) is 51.4 Å². The number of carbonyl (C=O) groups is 2. The first kappa shape index (κ1) is 35.2. The number of anilines is 4. The van der Waals surface area contributed by atoms with Crippen LogP contribution in [0, 0.1) is 10.8 Å². The van der Waals surface area contributed by atoms with E-state index in [-0.39, 0.29) is 56.9 Å². The van der Waals surface area contributed by atoms with Crippen LogP contribution in [-0.2, 0) is 0 Å². The molecular weight excluding hydrogens is 627 g/mol. The van der Waals surface area contributed by atoms with Gasteiger partial charge in [0.2, 0.25) is 0 Å². The molecule has 1 aliphatic heterocycles. The molecule has 18 nitrogen and oxygen atoms in total. The van der Waals surface area contributed by atoms with E-state index in [1.54, 1.807) is 0 Å². The molecule has 1 fully saturated rings. The quantitative estimate of drug-likeness (QED) is 0.0744. The lowest BCUT2D eigenvalue weighted by molar-refractivity contribution is 0.0963. The molecule has 0 aromatic carbocycles. The molecule has 3 heterocycles. The summed E-state index contributed by atoms with van der Waals surface area (Å²) in [4.78, 5) is 42.1. The normalized spacial score (nSPS) is 13.6. The van der Waals surface area contributed by atoms with Crippen LogP contribution in [0.4, 0.5) is 23.3 Å². The van der Waals surface area contributed by atoms with Crippen LogP contribution in [0.3, 0.4) is 0 Å². The molecule has 2 aromatic heterocycles. The highest BCUT2D eigenvalue weighted by atomic mass is 35.5. The molecule has 246 valence electrons. The van der Waals surface area contributed by atoms with Crippen LogP contribution in [-0.4, -0.2) is 93.9 Å². The molecule has 0 unspecified atom stereocenters. The third-order valence-corrected chi connectivity index (χ3v) is 7.40. The van der Waals surface area contributed by atoms with Crippen molar-refractivity contribution in [2.75, 3.05) is 62.2 Å². The number of likely N-dealkylation sites (tertiary alicyclic amines) is 1. The van der Waals surface area contributed by atoms with E-state index in [4.69, 9.17) is 57.0 Å². The molecule has 0 atom stereocenters. The number of piperidine rings is 1. The van der Waals surface area contributed by atoms with Gasteiger partial charge in [0.15, 0.2) is 56.9 Å². The summed E-state index contributed by atoms with van der Waals surface area (Å²) in [5, 5.41) is 29.6. The first-order valence-corrected chi connectivity index (χ1v) is 15.1. The predicted octanol–water partition coefficient (Wildman–Crippen LogP) is -0.275. The number of hydrogen-bond acceptors (Lipinski definition) is 14. The van der Waals surface area contributed by atoms with Crippen molar-refractivity contribution in [3.05, 3.63) is 21.7 Å². The van der Waals surface area contributed by atoms with Crippen molar-refractivity contribution in [3.8, 4) is 0 Å². The maximum absolute atomic E-state index is 12.3. The van der Waals surface area contributed by atoms with Crippen LogP contribution in [0.2, 0.25) is 10.3 Å². The molecule has 0 bridgehead atoms. The second-order valence-corrected chi connectivity index (χ2v) is 11.0. The number of nitrogens with one attached hydrogen (secondary N) is 7. The van der Waals surface area contributed by atoms with E-state index < -0.39 is 11.8 Å². The maximum Gasteiger partial charge on any atom is 0.280 e. The zero-order valence-corrected chi connectivity index (χ0v) is 26.2. The Morgan fingerprint density at radius 3 is 1.69 bits per heavy atom. The highest BCUT2D eigenvalue weighted by molar-refractivity contribution is 6.32. The van der Waals surface area contributed by atoms with Gasteiger partial charge in [0.25, 0.3) is 11.8 Å². The predicted molar refractivity (Wildman–Crippen MR) is 174 cm³/mol. The Hall–Kier alpha value is -4.26. The van der Waals surface area contributed by atoms with Crippen LogP contribution in [0.25, 0.3) is 0 Å². The Balaban J connectivity index is 1.18. The third-order valence-electron chi connectivity index (χ3n) is 6.85. The second-order valence-electron chi connectivity index (χ2n) is 10.3. The van der Waals surface area contributed by atoms with Gasteiger partial charge in [-0.3, -0.25) is 31.0 Å². The van der Waals surface area contributed by atoms with Crippen molar-refractivity contribution in [2.45, 2.75) is 44.6 Å². The number of nitrogens with two attached hydrogens (primary N) is 4. The average molecular weight is 668 g/mol. The van der Waals surface area contributed by atoms with Gasteiger partial charge in [0.1, 0.15) is 0 Å². The molecule has 0 aliphatic carbocycles. The molecule has 0 saturated carbocycles. The average Bonchev–Trinajstić information content (AvgIpc) is 2.99. The van der Waals surface area contributed by atoms with Crippen LogP contribution >= 0.6 is 23.2 Å². The van der Waals surface area contributed by atoms with E-state index in [0.29, 0.717) is 19.1 Å². The molecule has 1 saturated heterocycles. The van der Waals surface area contributed by atoms with Crippen molar-refractivity contribution >= 4 is 70.2 Å². The SMILES string of the molecule is N=C(NCCCCCNC1CCN(CCCNC(=N)NC(=O)c2nc(Cl)c(N)nc2N)CC1)NC(=O)c1nc(Cl)c(N)nc1N. The van der Waals surface area contributed by atoms with Gasteiger partial charge in [-0.1, -0.05) is 29.6 Å². The number of unbranched alkanes of at least 4 members (excludes halogenated alkanes) is 2. The van der Waals surface area contributed by atoms with Crippen molar-refractivity contribution in [3.63, 3.8) is 0 Å². The minimum Gasteiger partial charge on any atom is -0.382 e. The molecule has 0 spiro atoms. The standard InChI is InChI=1S/C25H40Cl2N16O2/c26-16-20(30)39-18(28)14(37-16)22(44)41-24(32)35-8-3-1-2-7-34-13-5-11-43(12-6-13)10-4-9-36-25(33)42-23(45)15-19(29)40-21(31)17(27)38-15/h13,34H,1-12H2,(H4,28,30,39)(H4,29,31,40)(H3,32,35,41,44)(H3,33,36,42,45). The molecular formula is C25H40Cl2N16O2. The smallest absolute Gasteiger partial charge is 0.280 e. The van der Waals surface area contributed by atoms with Gasteiger partial charge in [0, 0.05) is 19.1 Å². The van der Waals surface area contributed by atoms with Crippen LogP contribution in [0.15, 0.2) is 0 Å². The Morgan fingerprint density at radius 2 is 1.18 bits per heavy atom. The molecule has 2 amide bonds. The van der Waals surface area contributed by atoms with Crippen LogP contribution in [0.1, 0.15) is 59.5 Å². The van der Waals surface area contributed by atoms with Crippen molar-refractivity contribution < 1.29 is 9.59 Å². The molecule has 0 radical (unpaired) electrons. The summed E-state index contributed by atoms with van der Waals surface area (Å²) < 4.78 is 0. The fraction of sp³-hybridized carbons (Fsp3) is 0.520. The lowest BCUT2D eigenvalue weighted by Crippen LogP contribution is -2.44. The van der Waals surface area contributed by atoms with Gasteiger partial charge in [-0.25, -0.2) is 19.9 Å². The van der Waals surface area contributed by atoms with Gasteiger partial charge in [-0.05, 0) is 58.3 Å². The highest BCUT2D eigenvalue weighted by Gasteiger charge is 2.20. The van der Waals surface area contributed by atoms with Gasteiger partial charge >= 0.3 is 0 Å². The van der Waals surface area contributed by atoms with E-state index in [9.17, 15) is 9.59 Å². The minimum atomic E-state index is -0.698. The summed E-state index contributed by atoms with van der Waals surface area (Å²) in [5.74, 6) is -2.21. The van der Waals surface area contributed by atoms with Crippen LogP contribution < -0.4 is 49.5 Å². The summed E-state index contributed by atoms with van der Waals surface area (Å²) in [7, 11) is 0. The van der Waals surface area contributed by atoms with E-state index >= 15 is 0 Å². The molecule has 20 heteroatoms. The largest absolute Gasteiger partial charge is 0.382 e. The number of aromatic nitrogens is 4. The van der Waals surface area contributed by atoms with E-state index in [2.05, 4.69) is 51.4 Å². The summed E-state index contributed by atoms with van der Waals surface area (Å²) in [6.45, 7) is 4.81. The maximum atomic E-state index is 12.3. The Kier molecular flexibility index (Phi) is 13.5. The first-order chi connectivity index (χ1) is 21.4. The van der Waals surface area contributed by atoms with Crippen molar-refractivity contribution in [1.29, 1.82) is 10.8 Å². The summed E-state index contributed by atoms with van der Waals surface area (Å²) in [6.07, 6.45) is 5.70. The van der Waals surface area contributed by atoms with Crippen molar-refractivity contribution in [2.24, 2.45) is 0 Å². The number of guanidine groups is 2. The number of carbonyl (C=O) groups excluding carboxylic acids is 2. The number of rotatable bonds is 13. The molecule has 2 aromatic rings. The first-order valence-electron chi connectivity index (χ1n) is 14.3. The number of amides is 2. The fourth-order valence-electron chi connectivity index (χ4n) is 4.47. The van der Waals surface area contributed by atoms with Gasteiger partial charge < -0.3 is 43.8 Å². The molecule has 45 heavy (non-hydrogen) atoms. The number of halogens is 2. The zero-order chi connectivity index (χ0) is 32.9. The Labute approximate surface area is 270 Å². The monoisotopic (exact) mass is 666 g/mol. The molecule has 15 N–H and O–H groups in total. The minimum absolute atomic E-state index is 0.0737. The van der Waals surface area contributed by atoms with Gasteiger partial charge in [-0.2, -0.15) is 0 Å². The fourth-order valence-corrected chi connectivity index (χ4v) is 4.73. The van der Waals surface area contributed by atoms with Gasteiger partial charge in [-0.15, -0.1) is 0 Å². The van der Waals surface area contributed by atoms with Crippen LogP contribution in [0.5, 0.6) is 0 Å². The topological polar surface area (TPSA) is 301 Å². The Morgan fingerprint density at radius 1 is 0.711 bits per heavy atom. The number of nitrogens with zero attached hydrogens (tertiary/aromatic N) is 5. The third kappa shape index (κ3) is 11.3. The summed E-state index contributed by atoms with van der Waals surface area (Å²) >= 11 is 11.6. The Bertz CT molecular complexity index is 1370. The van der Waals surface area contributed by atoms with E-state index in [0.717, 1.165) is 64.7 Å².